The van der Waals surface area contributed by atoms with Crippen LogP contribution in [0.15, 0.2) is 60.9 Å². The maximum Gasteiger partial charge on any atom is 0.371 e. The Bertz CT molecular complexity index is 1550. The predicted octanol–water partition coefficient (Wildman–Crippen LogP) is 2.26. The van der Waals surface area contributed by atoms with E-state index in [0.29, 0.717) is 5.56 Å². The largest absolute Gasteiger partial charge is 0.490 e. The van der Waals surface area contributed by atoms with Crippen molar-refractivity contribution in [1.29, 1.82) is 0 Å². The van der Waals surface area contributed by atoms with Crippen LogP contribution in [0.1, 0.15) is 16.1 Å². The summed E-state index contributed by atoms with van der Waals surface area (Å²) in [6, 6.07) is 9.42. The molecule has 35 heavy (non-hydrogen) atoms. The van der Waals surface area contributed by atoms with Crippen LogP contribution in [0.4, 0.5) is 0 Å². The number of carbonyl (C=O) groups excluding carboxylic acids is 1. The topological polar surface area (TPSA) is 163 Å². The summed E-state index contributed by atoms with van der Waals surface area (Å²) in [5.41, 5.74) is -0.270. The molecule has 0 fully saturated rings. The number of aliphatic hydroxyl groups excluding tert-OH is 1. The zero-order chi connectivity index (χ0) is 25.1. The van der Waals surface area contributed by atoms with Crippen LogP contribution in [0.25, 0.3) is 21.9 Å². The number of aliphatic hydroxyl groups is 1. The highest BCUT2D eigenvalue weighted by atomic mass is 16.6. The fraction of sp³-hybridized carbons (Fsp3) is 0.167. The first-order valence-electron chi connectivity index (χ1n) is 10.2. The number of fused-ring (bicyclic) bond motifs is 2. The van der Waals surface area contributed by atoms with Crippen molar-refractivity contribution >= 4 is 34.4 Å². The van der Waals surface area contributed by atoms with E-state index in [0.717, 1.165) is 12.1 Å². The van der Waals surface area contributed by atoms with E-state index >= 15 is 0 Å². The second kappa shape index (κ2) is 9.69. The number of carbonyl (C=O) groups is 2. The third-order valence-corrected chi connectivity index (χ3v) is 4.87. The predicted molar refractivity (Wildman–Crippen MR) is 120 cm³/mol. The second-order valence-electron chi connectivity index (χ2n) is 7.47. The minimum Gasteiger partial charge on any atom is -0.490 e. The van der Waals surface area contributed by atoms with Gasteiger partial charge in [-0.3, -0.25) is 14.4 Å². The molecule has 0 bridgehead atoms. The Morgan fingerprint density at radius 3 is 2.37 bits per heavy atom. The summed E-state index contributed by atoms with van der Waals surface area (Å²) in [4.78, 5) is 46.5. The Balaban J connectivity index is 1.51. The smallest absolute Gasteiger partial charge is 0.371 e. The van der Waals surface area contributed by atoms with Crippen LogP contribution in [0, 0.1) is 6.92 Å². The molecule has 4 aromatic rings. The van der Waals surface area contributed by atoms with Gasteiger partial charge in [-0.05, 0) is 36.8 Å². The summed E-state index contributed by atoms with van der Waals surface area (Å²) >= 11 is 0. The average Bonchev–Trinajstić information content (AvgIpc) is 2.80. The van der Waals surface area contributed by atoms with Gasteiger partial charge in [0.15, 0.2) is 10.9 Å². The van der Waals surface area contributed by atoms with Crippen LogP contribution in [-0.4, -0.2) is 42.0 Å². The molecule has 0 amide bonds. The van der Waals surface area contributed by atoms with E-state index in [-0.39, 0.29) is 59.1 Å². The van der Waals surface area contributed by atoms with E-state index in [4.69, 9.17) is 23.4 Å². The quantitative estimate of drug-likeness (QED) is 0.336. The highest BCUT2D eigenvalue weighted by Gasteiger charge is 2.17. The first-order valence-corrected chi connectivity index (χ1v) is 10.2. The average molecular weight is 482 g/mol. The number of aryl methyl sites for hydroxylation is 1. The van der Waals surface area contributed by atoms with E-state index in [1.165, 1.54) is 18.2 Å². The van der Waals surface area contributed by atoms with E-state index in [1.54, 1.807) is 19.1 Å². The van der Waals surface area contributed by atoms with E-state index in [2.05, 4.69) is 4.74 Å². The molecule has 1 atom stereocenters. The summed E-state index contributed by atoms with van der Waals surface area (Å²) in [6.45, 7) is 1.32. The molecule has 1 unspecified atom stereocenters. The summed E-state index contributed by atoms with van der Waals surface area (Å²) in [5, 5.41) is 19.5. The van der Waals surface area contributed by atoms with Crippen LogP contribution >= 0.6 is 0 Å². The van der Waals surface area contributed by atoms with Gasteiger partial charge < -0.3 is 33.3 Å². The molecule has 2 heterocycles. The minimum atomic E-state index is -1.38. The molecule has 0 aliphatic rings. The molecule has 11 heteroatoms. The highest BCUT2D eigenvalue weighted by molar-refractivity contribution is 5.89. The van der Waals surface area contributed by atoms with Gasteiger partial charge >= 0.3 is 12.4 Å². The van der Waals surface area contributed by atoms with Crippen LogP contribution < -0.4 is 25.1 Å². The van der Waals surface area contributed by atoms with E-state index < -0.39 is 28.7 Å². The number of rotatable bonds is 9. The van der Waals surface area contributed by atoms with Crippen LogP contribution in [0.5, 0.6) is 17.4 Å². The molecule has 2 aromatic carbocycles. The fourth-order valence-corrected chi connectivity index (χ4v) is 3.40. The molecule has 4 rings (SSSR count). The standard InChI is InChI=1S/C24H18O11/c1-12-5-18(23-15(28)8-21(33-11-25)35-19(23)6-12)32-10-13(26)9-31-16-3-2-4-17-22(16)14(27)7-20(34-17)24(29)30/h2-8,11,13,26H,9-10H2,1H3,(H,29,30). The Morgan fingerprint density at radius 2 is 1.66 bits per heavy atom. The Labute approximate surface area is 195 Å². The van der Waals surface area contributed by atoms with Gasteiger partial charge in [0.2, 0.25) is 5.76 Å². The van der Waals surface area contributed by atoms with Crippen LogP contribution in [-0.2, 0) is 4.79 Å². The van der Waals surface area contributed by atoms with E-state index in [1.807, 2.05) is 0 Å². The molecule has 0 saturated carbocycles. The van der Waals surface area contributed by atoms with Gasteiger partial charge in [0.25, 0.3) is 5.95 Å². The van der Waals surface area contributed by atoms with Gasteiger partial charge in [-0.2, -0.15) is 0 Å². The first-order chi connectivity index (χ1) is 16.8. The third kappa shape index (κ3) is 4.99. The highest BCUT2D eigenvalue weighted by Crippen LogP contribution is 2.28. The van der Waals surface area contributed by atoms with Crippen LogP contribution in [0.2, 0.25) is 0 Å². The van der Waals surface area contributed by atoms with Crippen molar-refractivity contribution < 1.29 is 42.8 Å². The molecule has 2 aromatic heterocycles. The molecular formula is C24H18O11. The number of aromatic carboxylic acids is 1. The molecule has 0 radical (unpaired) electrons. The van der Waals surface area contributed by atoms with Gasteiger partial charge in [0, 0.05) is 6.07 Å². The molecule has 11 nitrogen and oxygen atoms in total. The first kappa shape index (κ1) is 23.5. The van der Waals surface area contributed by atoms with Crippen molar-refractivity contribution in [2.75, 3.05) is 13.2 Å². The molecule has 0 aliphatic carbocycles. The van der Waals surface area contributed by atoms with Gasteiger partial charge in [-0.15, -0.1) is 0 Å². The SMILES string of the molecule is Cc1cc(OCC(O)COc2cccc3oc(C(=O)O)cc(=O)c23)c2c(=O)cc(OC=O)oc2c1. The zero-order valence-corrected chi connectivity index (χ0v) is 18.2. The van der Waals surface area contributed by atoms with Gasteiger partial charge in [0.1, 0.15) is 52.8 Å². The summed E-state index contributed by atoms with van der Waals surface area (Å²) in [7, 11) is 0. The lowest BCUT2D eigenvalue weighted by Crippen LogP contribution is -2.25. The van der Waals surface area contributed by atoms with Crippen LogP contribution in [0.3, 0.4) is 0 Å². The second-order valence-corrected chi connectivity index (χ2v) is 7.47. The van der Waals surface area contributed by atoms with Gasteiger partial charge in [-0.1, -0.05) is 6.07 Å². The molecule has 180 valence electrons. The maximum absolute atomic E-state index is 12.5. The lowest BCUT2D eigenvalue weighted by atomic mass is 10.1. The van der Waals surface area contributed by atoms with Gasteiger partial charge in [-0.25, -0.2) is 4.79 Å². The number of hydrogen-bond donors (Lipinski definition) is 2. The normalized spacial score (nSPS) is 11.8. The number of ether oxygens (including phenoxy) is 3. The summed E-state index contributed by atoms with van der Waals surface area (Å²) < 4.78 is 26.4. The monoisotopic (exact) mass is 482 g/mol. The number of hydrogen-bond acceptors (Lipinski definition) is 10. The van der Waals surface area contributed by atoms with Crippen molar-refractivity contribution in [3.63, 3.8) is 0 Å². The van der Waals surface area contributed by atoms with E-state index in [9.17, 15) is 24.3 Å². The third-order valence-electron chi connectivity index (χ3n) is 4.87. The van der Waals surface area contributed by atoms with Crippen molar-refractivity contribution in [1.82, 2.24) is 0 Å². The van der Waals surface area contributed by atoms with Crippen molar-refractivity contribution in [2.24, 2.45) is 0 Å². The summed E-state index contributed by atoms with van der Waals surface area (Å²) in [6.07, 6.45) is -1.17. The fourth-order valence-electron chi connectivity index (χ4n) is 3.40. The molecule has 0 aliphatic heterocycles. The Kier molecular flexibility index (Phi) is 6.51. The lowest BCUT2D eigenvalue weighted by molar-refractivity contribution is -0.121. The summed E-state index contributed by atoms with van der Waals surface area (Å²) in [5.74, 6) is -1.91. The minimum absolute atomic E-state index is 0.0222. The van der Waals surface area contributed by atoms with Crippen molar-refractivity contribution in [3.05, 3.63) is 74.2 Å². The zero-order valence-electron chi connectivity index (χ0n) is 18.2. The number of carboxylic acids is 1. The molecule has 0 saturated heterocycles. The molecule has 0 spiro atoms. The Hall–Kier alpha value is -4.64. The van der Waals surface area contributed by atoms with Crippen molar-refractivity contribution in [3.8, 4) is 17.4 Å². The van der Waals surface area contributed by atoms with Crippen molar-refractivity contribution in [2.45, 2.75) is 13.0 Å². The number of benzene rings is 2. The maximum atomic E-state index is 12.5. The van der Waals surface area contributed by atoms with Gasteiger partial charge in [0.05, 0.1) is 6.07 Å². The molecule has 2 N–H and O–H groups in total. The Morgan fingerprint density at radius 1 is 0.971 bits per heavy atom. The number of carboxylic acid groups (broad SMARTS) is 1. The molecular weight excluding hydrogens is 464 g/mol. The lowest BCUT2D eigenvalue weighted by Gasteiger charge is -2.15.